The van der Waals surface area contributed by atoms with Crippen LogP contribution < -0.4 is 0 Å². The molecule has 0 amide bonds. The lowest BCUT2D eigenvalue weighted by molar-refractivity contribution is -0.196. The summed E-state index contributed by atoms with van der Waals surface area (Å²) in [5, 5.41) is 2.44. The summed E-state index contributed by atoms with van der Waals surface area (Å²) in [6.45, 7) is 17.8. The summed E-state index contributed by atoms with van der Waals surface area (Å²) in [7, 11) is -1.89. The third-order valence-electron chi connectivity index (χ3n) is 8.31. The molecule has 2 aliphatic heterocycles. The monoisotopic (exact) mass is 483 g/mol. The van der Waals surface area contributed by atoms with Crippen LogP contribution in [0.5, 0.6) is 0 Å². The van der Waals surface area contributed by atoms with Crippen LogP contribution in [0.4, 0.5) is 0 Å². The van der Waals surface area contributed by atoms with Gasteiger partial charge in [0.2, 0.25) is 0 Å². The van der Waals surface area contributed by atoms with Gasteiger partial charge >= 0.3 is 5.97 Å². The lowest BCUT2D eigenvalue weighted by Gasteiger charge is -2.40. The van der Waals surface area contributed by atoms with Crippen molar-refractivity contribution in [3.63, 3.8) is 0 Å². The molecule has 33 heavy (non-hydrogen) atoms. The molecule has 0 aromatic heterocycles. The van der Waals surface area contributed by atoms with Gasteiger partial charge in [0.05, 0.1) is 6.10 Å². The van der Waals surface area contributed by atoms with Crippen LogP contribution in [0.25, 0.3) is 0 Å². The van der Waals surface area contributed by atoms with Crippen molar-refractivity contribution < 1.29 is 18.8 Å². The molecule has 0 bridgehead atoms. The minimum absolute atomic E-state index is 0.130. The molecule has 194 valence electrons. The molecule has 0 saturated carbocycles. The predicted molar refractivity (Wildman–Crippen MR) is 139 cm³/mol. The van der Waals surface area contributed by atoms with Gasteiger partial charge in [0.15, 0.2) is 8.32 Å². The number of rotatable bonds is 14. The van der Waals surface area contributed by atoms with Crippen LogP contribution in [0.3, 0.4) is 0 Å². The molecule has 0 aromatic rings. The molecular weight excluding hydrogens is 430 g/mol. The second-order valence-electron chi connectivity index (χ2n) is 12.1. The number of carbonyl (C=O) groups excluding carboxylic acids is 1. The first-order valence-electron chi connectivity index (χ1n) is 13.7. The summed E-state index contributed by atoms with van der Waals surface area (Å²) in [4.78, 5) is 18.3. The summed E-state index contributed by atoms with van der Waals surface area (Å²) in [5.74, 6) is -0.0844. The van der Waals surface area contributed by atoms with Gasteiger partial charge in [-0.05, 0) is 50.7 Å². The van der Waals surface area contributed by atoms with E-state index in [1.165, 1.54) is 58.3 Å². The molecule has 2 fully saturated rings. The number of hydroxylamine groups is 2. The number of nitrogens with zero attached hydrogens (tertiary/aromatic N) is 1. The first kappa shape index (κ1) is 28.8. The fourth-order valence-corrected chi connectivity index (χ4v) is 6.17. The van der Waals surface area contributed by atoms with Crippen molar-refractivity contribution in [2.75, 3.05) is 6.61 Å². The van der Waals surface area contributed by atoms with Crippen LogP contribution in [0.15, 0.2) is 0 Å². The number of carbonyl (C=O) groups is 1. The topological polar surface area (TPSA) is 48.0 Å². The highest BCUT2D eigenvalue weighted by molar-refractivity contribution is 6.74. The number of hydrogen-bond acceptors (Lipinski definition) is 5. The van der Waals surface area contributed by atoms with Gasteiger partial charge < -0.3 is 9.16 Å². The Labute approximate surface area is 205 Å². The maximum Gasteiger partial charge on any atom is 0.302 e. The lowest BCUT2D eigenvalue weighted by atomic mass is 9.93. The summed E-state index contributed by atoms with van der Waals surface area (Å²) in [5.41, 5.74) is 0. The zero-order valence-corrected chi connectivity index (χ0v) is 24.0. The second-order valence-corrected chi connectivity index (χ2v) is 16.9. The van der Waals surface area contributed by atoms with E-state index in [4.69, 9.17) is 14.0 Å². The summed E-state index contributed by atoms with van der Waals surface area (Å²) in [6.07, 6.45) is 14.1. The molecule has 0 N–H and O–H groups in total. The fourth-order valence-electron chi connectivity index (χ4n) is 5.13. The number of unbranched alkanes of at least 4 members (excludes halogenated alkanes) is 6. The van der Waals surface area contributed by atoms with Crippen LogP contribution in [0.1, 0.15) is 112 Å². The van der Waals surface area contributed by atoms with Crippen molar-refractivity contribution in [2.24, 2.45) is 5.92 Å². The molecule has 2 saturated heterocycles. The molecule has 0 aromatic carbocycles. The minimum atomic E-state index is -1.89. The molecular formula is C27H53NO4Si. The number of fused-ring (bicyclic) bond motifs is 1. The van der Waals surface area contributed by atoms with Gasteiger partial charge in [-0.15, -0.1) is 0 Å². The Hall–Kier alpha value is -0.433. The molecule has 0 spiro atoms. The Morgan fingerprint density at radius 2 is 1.73 bits per heavy atom. The molecule has 0 aliphatic carbocycles. The van der Waals surface area contributed by atoms with Gasteiger partial charge in [-0.2, -0.15) is 5.06 Å². The largest absolute Gasteiger partial charge is 0.462 e. The molecule has 2 aliphatic rings. The van der Waals surface area contributed by atoms with E-state index in [0.29, 0.717) is 18.8 Å². The standard InChI is InChI=1S/C27H53NO4Si/c1-9-10-11-12-13-14-15-16-24-19-23-17-18-26(28(23)32-24)25(21(2)31-22(3)29)20-30-33(7,8)27(4,5)6/h21,23-26H,9-20H2,1-8H3/t21-,23+,24+,25+,26+/m1/s1. The first-order valence-corrected chi connectivity index (χ1v) is 16.6. The molecule has 5 nitrogen and oxygen atoms in total. The Bertz CT molecular complexity index is 591. The summed E-state index contributed by atoms with van der Waals surface area (Å²) >= 11 is 0. The van der Waals surface area contributed by atoms with Crippen molar-refractivity contribution in [2.45, 2.75) is 155 Å². The van der Waals surface area contributed by atoms with E-state index < -0.39 is 8.32 Å². The third-order valence-corrected chi connectivity index (χ3v) is 12.8. The molecule has 2 rings (SSSR count). The Morgan fingerprint density at radius 3 is 2.33 bits per heavy atom. The van der Waals surface area contributed by atoms with E-state index in [1.807, 2.05) is 6.92 Å². The van der Waals surface area contributed by atoms with Gasteiger partial charge in [0.1, 0.15) is 6.10 Å². The Morgan fingerprint density at radius 1 is 1.09 bits per heavy atom. The van der Waals surface area contributed by atoms with E-state index in [1.54, 1.807) is 0 Å². The minimum Gasteiger partial charge on any atom is -0.462 e. The van der Waals surface area contributed by atoms with E-state index in [2.05, 4.69) is 45.9 Å². The Balaban J connectivity index is 1.92. The van der Waals surface area contributed by atoms with Gasteiger partial charge in [0.25, 0.3) is 0 Å². The van der Waals surface area contributed by atoms with Crippen LogP contribution >= 0.6 is 0 Å². The van der Waals surface area contributed by atoms with Crippen molar-refractivity contribution >= 4 is 14.3 Å². The lowest BCUT2D eigenvalue weighted by Crippen LogP contribution is -2.48. The maximum atomic E-state index is 11.7. The average molecular weight is 484 g/mol. The van der Waals surface area contributed by atoms with E-state index in [9.17, 15) is 4.79 Å². The number of esters is 1. The van der Waals surface area contributed by atoms with E-state index in [-0.39, 0.29) is 29.1 Å². The quantitative estimate of drug-likeness (QED) is 0.148. The zero-order chi connectivity index (χ0) is 24.6. The van der Waals surface area contributed by atoms with Crippen molar-refractivity contribution in [3.8, 4) is 0 Å². The first-order chi connectivity index (χ1) is 15.5. The zero-order valence-electron chi connectivity index (χ0n) is 23.0. The maximum absolute atomic E-state index is 11.7. The molecule has 6 heteroatoms. The highest BCUT2D eigenvalue weighted by atomic mass is 28.4. The molecule has 2 heterocycles. The van der Waals surface area contributed by atoms with Crippen LogP contribution in [0, 0.1) is 5.92 Å². The van der Waals surface area contributed by atoms with Gasteiger partial charge in [-0.25, -0.2) is 0 Å². The van der Waals surface area contributed by atoms with Crippen molar-refractivity contribution in [3.05, 3.63) is 0 Å². The van der Waals surface area contributed by atoms with Crippen LogP contribution in [-0.4, -0.2) is 50.2 Å². The summed E-state index contributed by atoms with van der Waals surface area (Å²) < 4.78 is 12.3. The highest BCUT2D eigenvalue weighted by Gasteiger charge is 2.48. The predicted octanol–water partition coefficient (Wildman–Crippen LogP) is 7.25. The third kappa shape index (κ3) is 8.62. The number of ether oxygens (including phenoxy) is 1. The Kier molecular flexibility index (Phi) is 11.4. The molecule has 0 radical (unpaired) electrons. The fraction of sp³-hybridized carbons (Fsp3) is 0.963. The molecule has 5 atom stereocenters. The van der Waals surface area contributed by atoms with E-state index in [0.717, 1.165) is 19.3 Å². The van der Waals surface area contributed by atoms with E-state index >= 15 is 0 Å². The number of hydrogen-bond donors (Lipinski definition) is 0. The average Bonchev–Trinajstić information content (AvgIpc) is 3.27. The van der Waals surface area contributed by atoms with Crippen molar-refractivity contribution in [1.82, 2.24) is 5.06 Å². The van der Waals surface area contributed by atoms with Crippen LogP contribution in [-0.2, 0) is 18.8 Å². The van der Waals surface area contributed by atoms with Gasteiger partial charge in [-0.3, -0.25) is 9.63 Å². The normalized spacial score (nSPS) is 25.8. The second kappa shape index (κ2) is 13.0. The smallest absolute Gasteiger partial charge is 0.302 e. The van der Waals surface area contributed by atoms with Crippen molar-refractivity contribution in [1.29, 1.82) is 0 Å². The van der Waals surface area contributed by atoms with Gasteiger partial charge in [-0.1, -0.05) is 72.6 Å². The summed E-state index contributed by atoms with van der Waals surface area (Å²) in [6, 6.07) is 0.762. The molecule has 0 unspecified atom stereocenters. The van der Waals surface area contributed by atoms with Gasteiger partial charge in [0, 0.05) is 31.5 Å². The van der Waals surface area contributed by atoms with Crippen LogP contribution in [0.2, 0.25) is 18.1 Å². The highest BCUT2D eigenvalue weighted by Crippen LogP contribution is 2.42. The SMILES string of the molecule is CCCCCCCCC[C@H]1C[C@@H]2CC[C@@H]([C@@H](CO[Si](C)(C)C(C)(C)C)[C@@H](C)OC(C)=O)N2O1.